The number of benzene rings is 2. The van der Waals surface area contributed by atoms with Crippen LogP contribution in [0.25, 0.3) is 10.2 Å². The quantitative estimate of drug-likeness (QED) is 0.519. The number of hydrogen-bond donors (Lipinski definition) is 0. The van der Waals surface area contributed by atoms with Crippen molar-refractivity contribution in [1.29, 1.82) is 0 Å². The number of anilines is 1. The Kier molecular flexibility index (Phi) is 6.19. The predicted octanol–water partition coefficient (Wildman–Crippen LogP) is 4.67. The van der Waals surface area contributed by atoms with Gasteiger partial charge in [0, 0.05) is 13.0 Å². The van der Waals surface area contributed by atoms with Gasteiger partial charge >= 0.3 is 0 Å². The Morgan fingerprint density at radius 3 is 2.79 bits per heavy atom. The van der Waals surface area contributed by atoms with Crippen LogP contribution in [0.2, 0.25) is 0 Å². The van der Waals surface area contributed by atoms with Crippen molar-refractivity contribution >= 4 is 32.6 Å². The molecule has 0 N–H and O–H groups in total. The van der Waals surface area contributed by atoms with Crippen LogP contribution in [-0.4, -0.2) is 36.8 Å². The highest BCUT2D eigenvalue weighted by Gasteiger charge is 2.25. The standard InChI is InChI=1S/C22H24N2O3S/c25-21(13-7-15-26-17-8-2-1-3-9-17)24(16-18-10-6-14-27-18)22-23-19-11-4-5-12-20(19)28-22/h1-5,8-9,11-12,18H,6-7,10,13-16H2. The zero-order chi connectivity index (χ0) is 19.2. The number of fused-ring (bicyclic) bond motifs is 1. The third-order valence-electron chi connectivity index (χ3n) is 4.77. The number of hydrogen-bond acceptors (Lipinski definition) is 5. The highest BCUT2D eigenvalue weighted by Crippen LogP contribution is 2.30. The van der Waals surface area contributed by atoms with E-state index in [1.54, 1.807) is 11.3 Å². The number of amides is 1. The SMILES string of the molecule is O=C(CCCOc1ccccc1)N(CC1CCCO1)c1nc2ccccc2s1. The van der Waals surface area contributed by atoms with Gasteiger partial charge < -0.3 is 9.47 Å². The highest BCUT2D eigenvalue weighted by atomic mass is 32.1. The molecule has 0 saturated carbocycles. The van der Waals surface area contributed by atoms with Crippen molar-refractivity contribution in [2.75, 3.05) is 24.7 Å². The molecule has 1 aliphatic heterocycles. The van der Waals surface area contributed by atoms with E-state index in [-0.39, 0.29) is 12.0 Å². The summed E-state index contributed by atoms with van der Waals surface area (Å²) in [5.41, 5.74) is 0.931. The van der Waals surface area contributed by atoms with Crippen molar-refractivity contribution in [1.82, 2.24) is 4.98 Å². The van der Waals surface area contributed by atoms with E-state index in [9.17, 15) is 4.79 Å². The number of aromatic nitrogens is 1. The Bertz CT molecular complexity index is 873. The summed E-state index contributed by atoms with van der Waals surface area (Å²) < 4.78 is 12.6. The molecular formula is C22H24N2O3S. The summed E-state index contributed by atoms with van der Waals surface area (Å²) in [6.07, 6.45) is 3.23. The lowest BCUT2D eigenvalue weighted by Crippen LogP contribution is -2.37. The van der Waals surface area contributed by atoms with Gasteiger partial charge in [-0.2, -0.15) is 0 Å². The Labute approximate surface area is 168 Å². The molecule has 2 heterocycles. The number of ether oxygens (including phenoxy) is 2. The van der Waals surface area contributed by atoms with E-state index in [1.807, 2.05) is 59.5 Å². The minimum atomic E-state index is 0.0752. The first kappa shape index (κ1) is 18.9. The molecule has 1 fully saturated rings. The molecule has 0 aliphatic carbocycles. The molecule has 0 spiro atoms. The van der Waals surface area contributed by atoms with E-state index in [0.29, 0.717) is 26.0 Å². The van der Waals surface area contributed by atoms with Crippen LogP contribution < -0.4 is 9.64 Å². The third-order valence-corrected chi connectivity index (χ3v) is 5.83. The number of carbonyl (C=O) groups is 1. The van der Waals surface area contributed by atoms with Crippen LogP contribution in [0, 0.1) is 0 Å². The molecule has 4 rings (SSSR count). The molecule has 5 nitrogen and oxygen atoms in total. The van der Waals surface area contributed by atoms with Gasteiger partial charge in [-0.3, -0.25) is 9.69 Å². The molecule has 6 heteroatoms. The summed E-state index contributed by atoms with van der Waals surface area (Å²) >= 11 is 1.56. The molecule has 1 saturated heterocycles. The topological polar surface area (TPSA) is 51.7 Å². The number of nitrogens with zero attached hydrogens (tertiary/aromatic N) is 2. The molecule has 28 heavy (non-hydrogen) atoms. The summed E-state index contributed by atoms with van der Waals surface area (Å²) in [5.74, 6) is 0.906. The molecule has 1 aromatic heterocycles. The molecule has 3 aromatic rings. The zero-order valence-electron chi connectivity index (χ0n) is 15.8. The number of rotatable bonds is 8. The van der Waals surface area contributed by atoms with Gasteiger partial charge in [-0.15, -0.1) is 0 Å². The van der Waals surface area contributed by atoms with E-state index < -0.39 is 0 Å². The Morgan fingerprint density at radius 2 is 2.00 bits per heavy atom. The highest BCUT2D eigenvalue weighted by molar-refractivity contribution is 7.22. The molecule has 1 unspecified atom stereocenters. The number of carbonyl (C=O) groups excluding carboxylic acids is 1. The molecule has 146 valence electrons. The van der Waals surface area contributed by atoms with Crippen molar-refractivity contribution < 1.29 is 14.3 Å². The van der Waals surface area contributed by atoms with Gasteiger partial charge in [0.05, 0.1) is 29.5 Å². The smallest absolute Gasteiger partial charge is 0.228 e. The van der Waals surface area contributed by atoms with Crippen molar-refractivity contribution in [2.45, 2.75) is 31.8 Å². The average Bonchev–Trinajstić information content (AvgIpc) is 3.39. The molecule has 0 radical (unpaired) electrons. The fourth-order valence-corrected chi connectivity index (χ4v) is 4.31. The second-order valence-corrected chi connectivity index (χ2v) is 7.88. The summed E-state index contributed by atoms with van der Waals surface area (Å²) in [6, 6.07) is 17.7. The lowest BCUT2D eigenvalue weighted by molar-refractivity contribution is -0.119. The van der Waals surface area contributed by atoms with Crippen molar-refractivity contribution in [3.63, 3.8) is 0 Å². The van der Waals surface area contributed by atoms with E-state index in [1.165, 1.54) is 0 Å². The fraction of sp³-hybridized carbons (Fsp3) is 0.364. The summed E-state index contributed by atoms with van der Waals surface area (Å²) in [7, 11) is 0. The van der Waals surface area contributed by atoms with E-state index in [0.717, 1.165) is 40.5 Å². The molecule has 2 aromatic carbocycles. The third kappa shape index (κ3) is 4.69. The lowest BCUT2D eigenvalue weighted by atomic mass is 10.2. The van der Waals surface area contributed by atoms with Crippen LogP contribution in [0.15, 0.2) is 54.6 Å². The normalized spacial score (nSPS) is 16.4. The maximum absolute atomic E-state index is 13.0. The van der Waals surface area contributed by atoms with Gasteiger partial charge in [-0.05, 0) is 43.5 Å². The maximum Gasteiger partial charge on any atom is 0.228 e. The predicted molar refractivity (Wildman–Crippen MR) is 112 cm³/mol. The lowest BCUT2D eigenvalue weighted by Gasteiger charge is -2.23. The monoisotopic (exact) mass is 396 g/mol. The van der Waals surface area contributed by atoms with Crippen LogP contribution in [-0.2, 0) is 9.53 Å². The Balaban J connectivity index is 1.41. The molecule has 1 aliphatic rings. The van der Waals surface area contributed by atoms with Gasteiger partial charge in [0.15, 0.2) is 5.13 Å². The second kappa shape index (κ2) is 9.17. The van der Waals surface area contributed by atoms with Gasteiger partial charge in [-0.25, -0.2) is 4.98 Å². The first-order chi connectivity index (χ1) is 13.8. The van der Waals surface area contributed by atoms with Crippen molar-refractivity contribution in [3.05, 3.63) is 54.6 Å². The van der Waals surface area contributed by atoms with Crippen molar-refractivity contribution in [3.8, 4) is 5.75 Å². The van der Waals surface area contributed by atoms with Gasteiger partial charge in [0.2, 0.25) is 5.91 Å². The first-order valence-electron chi connectivity index (χ1n) is 9.75. The van der Waals surface area contributed by atoms with Crippen molar-refractivity contribution in [2.24, 2.45) is 0 Å². The molecule has 1 amide bonds. The summed E-state index contributed by atoms with van der Waals surface area (Å²) in [6.45, 7) is 1.86. The average molecular weight is 397 g/mol. The maximum atomic E-state index is 13.0. The van der Waals surface area contributed by atoms with Crippen LogP contribution in [0.3, 0.4) is 0 Å². The van der Waals surface area contributed by atoms with Crippen LogP contribution >= 0.6 is 11.3 Å². The summed E-state index contributed by atoms with van der Waals surface area (Å²) in [4.78, 5) is 19.5. The largest absolute Gasteiger partial charge is 0.494 e. The Morgan fingerprint density at radius 1 is 1.18 bits per heavy atom. The number of para-hydroxylation sites is 2. The number of thiazole rings is 1. The van der Waals surface area contributed by atoms with Crippen LogP contribution in [0.1, 0.15) is 25.7 Å². The van der Waals surface area contributed by atoms with Crippen LogP contribution in [0.4, 0.5) is 5.13 Å². The molecular weight excluding hydrogens is 372 g/mol. The summed E-state index contributed by atoms with van der Waals surface area (Å²) in [5, 5.41) is 0.755. The van der Waals surface area contributed by atoms with E-state index in [4.69, 9.17) is 9.47 Å². The van der Waals surface area contributed by atoms with Gasteiger partial charge in [-0.1, -0.05) is 41.7 Å². The van der Waals surface area contributed by atoms with E-state index >= 15 is 0 Å². The van der Waals surface area contributed by atoms with Crippen LogP contribution in [0.5, 0.6) is 5.75 Å². The molecule has 1 atom stereocenters. The molecule has 0 bridgehead atoms. The minimum Gasteiger partial charge on any atom is -0.494 e. The Hall–Kier alpha value is -2.44. The minimum absolute atomic E-state index is 0.0752. The van der Waals surface area contributed by atoms with Gasteiger partial charge in [0.25, 0.3) is 0 Å². The second-order valence-electron chi connectivity index (χ2n) is 6.87. The first-order valence-corrected chi connectivity index (χ1v) is 10.6. The fourth-order valence-electron chi connectivity index (χ4n) is 3.32. The zero-order valence-corrected chi connectivity index (χ0v) is 16.6. The van der Waals surface area contributed by atoms with E-state index in [2.05, 4.69) is 4.98 Å². The van der Waals surface area contributed by atoms with Gasteiger partial charge in [0.1, 0.15) is 5.75 Å².